The third-order valence-electron chi connectivity index (χ3n) is 6.41. The summed E-state index contributed by atoms with van der Waals surface area (Å²) in [6.45, 7) is 4.52. The highest BCUT2D eigenvalue weighted by atomic mass is 31.2. The minimum Gasteiger partial charge on any atom is -0.479 e. The number of para-hydroxylation sites is 1. The molecule has 16 heteroatoms. The first-order valence-corrected chi connectivity index (χ1v) is 14.3. The van der Waals surface area contributed by atoms with E-state index >= 15 is 0 Å². The Morgan fingerprint density at radius 2 is 2.10 bits per heavy atom. The Bertz CT molecular complexity index is 1470. The van der Waals surface area contributed by atoms with Crippen LogP contribution in [0.3, 0.4) is 0 Å². The van der Waals surface area contributed by atoms with E-state index in [4.69, 9.17) is 29.0 Å². The second kappa shape index (κ2) is 12.4. The number of methoxy groups -OCH3 is 1. The number of rotatable bonds is 12. The Labute approximate surface area is 236 Å². The molecule has 0 saturated carbocycles. The van der Waals surface area contributed by atoms with Crippen LogP contribution in [0.2, 0.25) is 0 Å². The number of nitrogens with two attached hydrogens (primary N) is 1. The molecule has 220 valence electrons. The van der Waals surface area contributed by atoms with Crippen molar-refractivity contribution in [2.75, 3.05) is 26.1 Å². The summed E-state index contributed by atoms with van der Waals surface area (Å²) in [4.78, 5) is 24.8. The van der Waals surface area contributed by atoms with Crippen LogP contribution in [0.5, 0.6) is 11.6 Å². The number of hydrogen-bond acceptors (Lipinski definition) is 13. The Morgan fingerprint density at radius 1 is 1.37 bits per heavy atom. The van der Waals surface area contributed by atoms with Gasteiger partial charge in [0.1, 0.15) is 29.4 Å². The summed E-state index contributed by atoms with van der Waals surface area (Å²) in [6.07, 6.45) is -1.69. The Hall–Kier alpha value is -3.80. The van der Waals surface area contributed by atoms with E-state index in [1.165, 1.54) is 31.9 Å². The van der Waals surface area contributed by atoms with Crippen molar-refractivity contribution in [3.63, 3.8) is 0 Å². The molecule has 3 aromatic rings. The Morgan fingerprint density at radius 3 is 2.76 bits per heavy atom. The number of esters is 1. The number of nitrogens with one attached hydrogen (secondary N) is 1. The number of nitrogens with zero attached hydrogens (tertiary/aromatic N) is 5. The molecule has 1 aromatic carbocycles. The fourth-order valence-electron chi connectivity index (χ4n) is 4.24. The summed E-state index contributed by atoms with van der Waals surface area (Å²) < 4.78 is 43.1. The zero-order valence-electron chi connectivity index (χ0n) is 23.0. The van der Waals surface area contributed by atoms with Crippen LogP contribution < -0.4 is 20.1 Å². The van der Waals surface area contributed by atoms with Crippen LogP contribution in [0.1, 0.15) is 33.4 Å². The predicted molar refractivity (Wildman–Crippen MR) is 144 cm³/mol. The minimum atomic E-state index is -4.25. The Balaban J connectivity index is 1.59. The lowest BCUT2D eigenvalue weighted by atomic mass is 9.84. The third kappa shape index (κ3) is 6.27. The fraction of sp³-hybridized carbons (Fsp3) is 0.480. The van der Waals surface area contributed by atoms with Gasteiger partial charge < -0.3 is 29.6 Å². The molecule has 1 fully saturated rings. The van der Waals surface area contributed by atoms with E-state index in [2.05, 4.69) is 26.1 Å². The number of aliphatic hydroxyl groups is 1. The molecule has 1 aliphatic rings. The van der Waals surface area contributed by atoms with Crippen molar-refractivity contribution in [1.29, 1.82) is 5.26 Å². The van der Waals surface area contributed by atoms with Crippen molar-refractivity contribution < 1.29 is 37.7 Å². The van der Waals surface area contributed by atoms with Gasteiger partial charge in [-0.2, -0.15) is 20.3 Å². The van der Waals surface area contributed by atoms with Crippen LogP contribution in [0.25, 0.3) is 11.2 Å². The third-order valence-corrected chi connectivity index (χ3v) is 8.05. The van der Waals surface area contributed by atoms with Gasteiger partial charge in [-0.1, -0.05) is 25.1 Å². The smallest absolute Gasteiger partial charge is 0.459 e. The van der Waals surface area contributed by atoms with Crippen molar-refractivity contribution in [2.24, 2.45) is 5.41 Å². The summed E-state index contributed by atoms with van der Waals surface area (Å²) in [6, 6.07) is 9.27. The van der Waals surface area contributed by atoms with Gasteiger partial charge in [-0.3, -0.25) is 13.9 Å². The second-order valence-corrected chi connectivity index (χ2v) is 11.2. The monoisotopic (exact) mass is 589 g/mol. The molecule has 2 aromatic heterocycles. The summed E-state index contributed by atoms with van der Waals surface area (Å²) in [5, 5.41) is 23.9. The summed E-state index contributed by atoms with van der Waals surface area (Å²) >= 11 is 0. The van der Waals surface area contributed by atoms with E-state index < -0.39 is 50.2 Å². The van der Waals surface area contributed by atoms with E-state index in [0.717, 1.165) is 0 Å². The molecule has 0 radical (unpaired) electrons. The quantitative estimate of drug-likeness (QED) is 0.205. The molecule has 15 nitrogen and oxygen atoms in total. The van der Waals surface area contributed by atoms with Crippen LogP contribution in [-0.2, 0) is 23.4 Å². The van der Waals surface area contributed by atoms with E-state index in [1.807, 2.05) is 6.92 Å². The number of fused-ring (bicyclic) bond motifs is 1. The van der Waals surface area contributed by atoms with Gasteiger partial charge in [0.15, 0.2) is 17.4 Å². The van der Waals surface area contributed by atoms with E-state index in [1.54, 1.807) is 30.3 Å². The maximum atomic E-state index is 13.8. The number of ether oxygens (including phenoxy) is 3. The number of carbonyl (C=O) groups excluding carboxylic acids is 1. The summed E-state index contributed by atoms with van der Waals surface area (Å²) in [5.41, 5.74) is 4.79. The number of aliphatic hydroxyl groups excluding tert-OH is 1. The van der Waals surface area contributed by atoms with Crippen LogP contribution in [0.4, 0.5) is 5.95 Å². The lowest BCUT2D eigenvalue weighted by Gasteiger charge is -2.26. The minimum absolute atomic E-state index is 0.0927. The highest BCUT2D eigenvalue weighted by Gasteiger charge is 2.55. The lowest BCUT2D eigenvalue weighted by Crippen LogP contribution is -2.39. The summed E-state index contributed by atoms with van der Waals surface area (Å²) in [5.74, 6) is -0.406. The molecular formula is C25H32N7O8P. The van der Waals surface area contributed by atoms with Crippen LogP contribution in [-0.4, -0.2) is 69.2 Å². The molecule has 2 unspecified atom stereocenters. The number of imidazole rings is 1. The van der Waals surface area contributed by atoms with Crippen molar-refractivity contribution in [3.8, 4) is 17.7 Å². The number of anilines is 1. The van der Waals surface area contributed by atoms with Gasteiger partial charge >= 0.3 is 13.7 Å². The van der Waals surface area contributed by atoms with Gasteiger partial charge in [0.05, 0.1) is 32.7 Å². The van der Waals surface area contributed by atoms with Gasteiger partial charge in [-0.05, 0) is 32.4 Å². The van der Waals surface area contributed by atoms with Crippen molar-refractivity contribution in [3.05, 3.63) is 36.7 Å². The number of nitriles is 1. The van der Waals surface area contributed by atoms with Gasteiger partial charge in [-0.15, -0.1) is 0 Å². The normalized spacial score (nSPS) is 24.3. The second-order valence-electron chi connectivity index (χ2n) is 9.50. The molecular weight excluding hydrogens is 557 g/mol. The molecule has 3 heterocycles. The molecule has 0 spiro atoms. The first kappa shape index (κ1) is 30.2. The number of hydrogen-bond donors (Lipinski definition) is 3. The number of aromatic nitrogens is 4. The predicted octanol–water partition coefficient (Wildman–Crippen LogP) is 2.34. The largest absolute Gasteiger partial charge is 0.479 e. The molecule has 6 atom stereocenters. The highest BCUT2D eigenvalue weighted by molar-refractivity contribution is 7.52. The molecule has 4 rings (SSSR count). The fourth-order valence-corrected chi connectivity index (χ4v) is 5.74. The molecule has 0 aliphatic carbocycles. The average Bonchev–Trinajstić information content (AvgIpc) is 3.48. The topological polar surface area (TPSA) is 206 Å². The van der Waals surface area contributed by atoms with Crippen LogP contribution in [0.15, 0.2) is 36.7 Å². The molecule has 0 amide bonds. The SMILES string of the molecule is CCCOC(=O)[C@H](C)NP(=O)(OC[C@H]1OC(n2cnc3c(OC)nc(N)nc32)[C@](C)(C#N)[C@@H]1O)Oc1ccccc1. The van der Waals surface area contributed by atoms with Gasteiger partial charge in [-0.25, -0.2) is 9.55 Å². The number of nitrogen functional groups attached to an aromatic ring is 1. The van der Waals surface area contributed by atoms with E-state index in [-0.39, 0.29) is 35.3 Å². The zero-order chi connectivity index (χ0) is 29.8. The molecule has 4 N–H and O–H groups in total. The molecule has 0 bridgehead atoms. The Kier molecular flexibility index (Phi) is 9.11. The van der Waals surface area contributed by atoms with Crippen LogP contribution in [0, 0.1) is 16.7 Å². The molecule has 41 heavy (non-hydrogen) atoms. The van der Waals surface area contributed by atoms with Crippen molar-refractivity contribution in [2.45, 2.75) is 51.7 Å². The maximum absolute atomic E-state index is 13.8. The standard InChI is InChI=1S/C25H32N7O8P/c1-5-11-37-22(34)15(2)31-41(35,40-16-9-7-6-8-10-16)38-12-17-19(33)25(3,13-26)23(39-17)32-14-28-18-20(32)29-24(27)30-21(18)36-4/h6-10,14-15,17,19,23,33H,5,11-12H2,1-4H3,(H,31,35)(H2,27,29,30)/t15-,17+,19+,23?,25+,41?/m0/s1. The maximum Gasteiger partial charge on any atom is 0.459 e. The van der Waals surface area contributed by atoms with Gasteiger partial charge in [0, 0.05) is 0 Å². The highest BCUT2D eigenvalue weighted by Crippen LogP contribution is 2.49. The molecule has 1 aliphatic heterocycles. The number of carbonyl (C=O) groups is 1. The first-order valence-electron chi connectivity index (χ1n) is 12.8. The zero-order valence-corrected chi connectivity index (χ0v) is 23.9. The summed E-state index contributed by atoms with van der Waals surface area (Å²) in [7, 11) is -2.85. The van der Waals surface area contributed by atoms with E-state index in [0.29, 0.717) is 6.42 Å². The van der Waals surface area contributed by atoms with Crippen molar-refractivity contribution in [1.82, 2.24) is 24.6 Å². The van der Waals surface area contributed by atoms with Gasteiger partial charge in [0.25, 0.3) is 0 Å². The number of benzene rings is 1. The first-order chi connectivity index (χ1) is 19.5. The average molecular weight is 590 g/mol. The van der Waals surface area contributed by atoms with Crippen LogP contribution >= 0.6 is 7.75 Å². The lowest BCUT2D eigenvalue weighted by molar-refractivity contribution is -0.145. The molecule has 1 saturated heterocycles. The van der Waals surface area contributed by atoms with Gasteiger partial charge in [0.2, 0.25) is 11.8 Å². The van der Waals surface area contributed by atoms with Crippen molar-refractivity contribution >= 4 is 30.8 Å². The van der Waals surface area contributed by atoms with E-state index in [9.17, 15) is 19.7 Å².